The Morgan fingerprint density at radius 1 is 1.13 bits per heavy atom. The number of rotatable bonds is 5. The number of carbonyl (C=O) groups is 1. The van der Waals surface area contributed by atoms with Crippen LogP contribution in [0, 0.1) is 0 Å². The molecule has 0 atom stereocenters. The number of thiophene rings is 1. The summed E-state index contributed by atoms with van der Waals surface area (Å²) in [5.74, 6) is -0.280. The number of hydrogen-bond donors (Lipinski definition) is 0. The molecule has 10 heteroatoms. The first-order chi connectivity index (χ1) is 14.8. The highest BCUT2D eigenvalue weighted by Crippen LogP contribution is 2.32. The van der Waals surface area contributed by atoms with Crippen LogP contribution in [0.15, 0.2) is 66.2 Å². The summed E-state index contributed by atoms with van der Waals surface area (Å²) < 4.78 is 40.8. The third-order valence-corrected chi connectivity index (χ3v) is 5.30. The van der Waals surface area contributed by atoms with Crippen molar-refractivity contribution in [3.05, 3.63) is 83.3 Å². The summed E-state index contributed by atoms with van der Waals surface area (Å²) in [6.45, 7) is 0.242. The van der Waals surface area contributed by atoms with Gasteiger partial charge in [0.1, 0.15) is 0 Å². The summed E-state index contributed by atoms with van der Waals surface area (Å²) in [6, 6.07) is 13.7. The Bertz CT molecular complexity index is 1190. The van der Waals surface area contributed by atoms with E-state index < -0.39 is 17.6 Å². The van der Waals surface area contributed by atoms with Gasteiger partial charge in [0.15, 0.2) is 5.82 Å². The van der Waals surface area contributed by atoms with Crippen molar-refractivity contribution in [1.82, 2.24) is 24.6 Å². The first kappa shape index (κ1) is 20.7. The van der Waals surface area contributed by atoms with Crippen molar-refractivity contribution in [2.45, 2.75) is 12.7 Å². The van der Waals surface area contributed by atoms with Crippen LogP contribution in [0.3, 0.4) is 0 Å². The highest BCUT2D eigenvalue weighted by molar-refractivity contribution is 7.13. The lowest BCUT2D eigenvalue weighted by molar-refractivity contribution is -0.137. The van der Waals surface area contributed by atoms with Crippen molar-refractivity contribution >= 4 is 17.2 Å². The average Bonchev–Trinajstić information content (AvgIpc) is 3.43. The second-order valence-corrected chi connectivity index (χ2v) is 7.63. The molecule has 0 saturated carbocycles. The van der Waals surface area contributed by atoms with E-state index in [1.807, 2.05) is 11.4 Å². The van der Waals surface area contributed by atoms with Crippen molar-refractivity contribution in [2.24, 2.45) is 0 Å². The van der Waals surface area contributed by atoms with E-state index in [9.17, 15) is 18.0 Å². The molecule has 0 spiro atoms. The van der Waals surface area contributed by atoms with Crippen LogP contribution in [0.5, 0.6) is 0 Å². The fraction of sp³-hybridized carbons (Fsp3) is 0.143. The largest absolute Gasteiger partial charge is 0.416 e. The summed E-state index contributed by atoms with van der Waals surface area (Å²) >= 11 is 1.35. The normalized spacial score (nSPS) is 11.5. The summed E-state index contributed by atoms with van der Waals surface area (Å²) in [6.07, 6.45) is -2.87. The number of pyridine rings is 1. The maximum absolute atomic E-state index is 13.2. The second kappa shape index (κ2) is 8.31. The predicted molar refractivity (Wildman–Crippen MR) is 110 cm³/mol. The molecule has 4 aromatic rings. The van der Waals surface area contributed by atoms with E-state index in [1.165, 1.54) is 33.1 Å². The molecule has 1 aromatic carbocycles. The van der Waals surface area contributed by atoms with Crippen molar-refractivity contribution in [3.8, 4) is 16.4 Å². The molecule has 0 radical (unpaired) electrons. The number of alkyl halides is 3. The van der Waals surface area contributed by atoms with Gasteiger partial charge >= 0.3 is 6.18 Å². The van der Waals surface area contributed by atoms with Crippen LogP contribution in [0.4, 0.5) is 13.2 Å². The smallest absolute Gasteiger partial charge is 0.333 e. The molecule has 31 heavy (non-hydrogen) atoms. The summed E-state index contributed by atoms with van der Waals surface area (Å²) in [5.41, 5.74) is 0.0454. The lowest BCUT2D eigenvalue weighted by atomic mass is 10.2. The van der Waals surface area contributed by atoms with Crippen LogP contribution in [-0.2, 0) is 12.7 Å². The summed E-state index contributed by atoms with van der Waals surface area (Å²) in [5, 5.41) is 6.07. The number of halogens is 3. The minimum atomic E-state index is -4.50. The van der Waals surface area contributed by atoms with Crippen LogP contribution in [0.25, 0.3) is 16.4 Å². The maximum atomic E-state index is 13.2. The zero-order valence-electron chi connectivity index (χ0n) is 16.2. The number of benzene rings is 1. The monoisotopic (exact) mass is 443 g/mol. The van der Waals surface area contributed by atoms with Gasteiger partial charge in [-0.2, -0.15) is 13.2 Å². The second-order valence-electron chi connectivity index (χ2n) is 6.68. The van der Waals surface area contributed by atoms with Crippen LogP contribution < -0.4 is 0 Å². The Morgan fingerprint density at radius 2 is 1.97 bits per heavy atom. The van der Waals surface area contributed by atoms with Gasteiger partial charge in [0.05, 0.1) is 28.4 Å². The average molecular weight is 443 g/mol. The molecule has 6 nitrogen and oxygen atoms in total. The van der Waals surface area contributed by atoms with Gasteiger partial charge in [0.25, 0.3) is 5.91 Å². The lowest BCUT2D eigenvalue weighted by Crippen LogP contribution is -2.27. The first-order valence-corrected chi connectivity index (χ1v) is 10.0. The summed E-state index contributed by atoms with van der Waals surface area (Å²) in [4.78, 5) is 23.6. The van der Waals surface area contributed by atoms with E-state index in [2.05, 4.69) is 15.1 Å². The lowest BCUT2D eigenvalue weighted by Gasteiger charge is -2.14. The Morgan fingerprint density at radius 3 is 2.65 bits per heavy atom. The van der Waals surface area contributed by atoms with Gasteiger partial charge in [0.2, 0.25) is 5.82 Å². The molecule has 0 aliphatic carbocycles. The van der Waals surface area contributed by atoms with Gasteiger partial charge in [-0.05, 0) is 41.8 Å². The molecule has 3 aromatic heterocycles. The molecule has 0 fully saturated rings. The minimum absolute atomic E-state index is 0.112. The Labute approximate surface area is 179 Å². The topological polar surface area (TPSA) is 63.9 Å². The molecule has 158 valence electrons. The molecule has 0 aliphatic rings. The molecule has 0 aliphatic heterocycles. The number of carbonyl (C=O) groups excluding carboxylic acids is 1. The minimum Gasteiger partial charge on any atom is -0.333 e. The van der Waals surface area contributed by atoms with Gasteiger partial charge in [-0.3, -0.25) is 9.78 Å². The fourth-order valence-electron chi connectivity index (χ4n) is 2.94. The molecular formula is C21H16F3N5OS. The number of aromatic nitrogens is 4. The molecule has 0 bridgehead atoms. The quantitative estimate of drug-likeness (QED) is 0.449. The van der Waals surface area contributed by atoms with Gasteiger partial charge < -0.3 is 4.90 Å². The van der Waals surface area contributed by atoms with E-state index in [0.717, 1.165) is 12.1 Å². The van der Waals surface area contributed by atoms with Crippen LogP contribution >= 0.6 is 11.3 Å². The van der Waals surface area contributed by atoms with Crippen LogP contribution in [-0.4, -0.2) is 37.6 Å². The summed E-state index contributed by atoms with van der Waals surface area (Å²) in [7, 11) is 1.59. The number of amides is 1. The van der Waals surface area contributed by atoms with Gasteiger partial charge in [-0.15, -0.1) is 16.4 Å². The highest BCUT2D eigenvalue weighted by Gasteiger charge is 2.31. The SMILES string of the molecule is CN(Cc1ccccn1)C(=O)c1nc(-c2cccs2)n(-c2cccc(C(F)(F)F)c2)n1. The van der Waals surface area contributed by atoms with E-state index >= 15 is 0 Å². The third-order valence-electron chi connectivity index (χ3n) is 4.43. The van der Waals surface area contributed by atoms with Gasteiger partial charge in [-0.25, -0.2) is 9.67 Å². The first-order valence-electron chi connectivity index (χ1n) is 9.17. The van der Waals surface area contributed by atoms with Gasteiger partial charge in [0, 0.05) is 13.2 Å². The van der Waals surface area contributed by atoms with Crippen molar-refractivity contribution in [3.63, 3.8) is 0 Å². The highest BCUT2D eigenvalue weighted by atomic mass is 32.1. The van der Waals surface area contributed by atoms with E-state index in [4.69, 9.17) is 0 Å². The van der Waals surface area contributed by atoms with Crippen LogP contribution in [0.1, 0.15) is 21.9 Å². The van der Waals surface area contributed by atoms with E-state index in [1.54, 1.807) is 37.5 Å². The molecule has 3 heterocycles. The fourth-order valence-corrected chi connectivity index (χ4v) is 3.64. The van der Waals surface area contributed by atoms with Gasteiger partial charge in [-0.1, -0.05) is 18.2 Å². The number of hydrogen-bond acceptors (Lipinski definition) is 5. The zero-order valence-corrected chi connectivity index (χ0v) is 17.1. The predicted octanol–water partition coefficient (Wildman–Crippen LogP) is 4.68. The zero-order chi connectivity index (χ0) is 22.0. The third kappa shape index (κ3) is 4.48. The van der Waals surface area contributed by atoms with Crippen LogP contribution in [0.2, 0.25) is 0 Å². The Kier molecular flexibility index (Phi) is 5.55. The standard InChI is InChI=1S/C21H16F3N5OS/c1-28(13-15-7-2-3-10-25-15)20(30)18-26-19(17-9-5-11-31-17)29(27-18)16-8-4-6-14(12-16)21(22,23)24/h2-12H,13H2,1H3. The van der Waals surface area contributed by atoms with Crippen molar-refractivity contribution in [2.75, 3.05) is 7.05 Å². The molecule has 4 rings (SSSR count). The van der Waals surface area contributed by atoms with E-state index in [-0.39, 0.29) is 18.1 Å². The molecule has 0 unspecified atom stereocenters. The molecule has 0 N–H and O–H groups in total. The maximum Gasteiger partial charge on any atom is 0.416 e. The molecule has 0 saturated heterocycles. The van der Waals surface area contributed by atoms with E-state index in [0.29, 0.717) is 16.4 Å². The Hall–Kier alpha value is -3.53. The van der Waals surface area contributed by atoms with Crippen molar-refractivity contribution in [1.29, 1.82) is 0 Å². The Balaban J connectivity index is 1.72. The number of nitrogens with zero attached hydrogens (tertiary/aromatic N) is 5. The van der Waals surface area contributed by atoms with Crippen molar-refractivity contribution < 1.29 is 18.0 Å². The molecular weight excluding hydrogens is 427 g/mol. The molecule has 1 amide bonds.